The molecule has 116 valence electrons. The van der Waals surface area contributed by atoms with Gasteiger partial charge in [-0.1, -0.05) is 25.5 Å². The summed E-state index contributed by atoms with van der Waals surface area (Å²) in [4.78, 5) is 22.3. The second-order valence-electron chi connectivity index (χ2n) is 4.79. The summed E-state index contributed by atoms with van der Waals surface area (Å²) in [7, 11) is 0. The minimum atomic E-state index is -0.395. The second-order valence-corrected chi connectivity index (χ2v) is 4.79. The Balaban J connectivity index is 2.78. The number of rotatable bonds is 8. The predicted octanol–water partition coefficient (Wildman–Crippen LogP) is 2.72. The van der Waals surface area contributed by atoms with E-state index in [1.165, 1.54) is 6.07 Å². The largest absolute Gasteiger partial charge is 0.465 e. The van der Waals surface area contributed by atoms with Crippen LogP contribution in [0.4, 0.5) is 5.69 Å². The topological polar surface area (TPSA) is 81.5 Å². The molecule has 0 radical (unpaired) electrons. The number of nitrogens with one attached hydrogen (secondary N) is 1. The fourth-order valence-electron chi connectivity index (χ4n) is 2.13. The van der Waals surface area contributed by atoms with Crippen molar-refractivity contribution in [3.8, 4) is 0 Å². The predicted molar refractivity (Wildman–Crippen MR) is 80.0 cm³/mol. The molecule has 0 spiro atoms. The van der Waals surface area contributed by atoms with Crippen molar-refractivity contribution in [2.45, 2.75) is 46.2 Å². The lowest BCUT2D eigenvalue weighted by Gasteiger charge is -2.17. The van der Waals surface area contributed by atoms with Crippen LogP contribution in [0.5, 0.6) is 0 Å². The number of ether oxygens (including phenoxy) is 1. The monoisotopic (exact) mass is 294 g/mol. The lowest BCUT2D eigenvalue weighted by Crippen LogP contribution is -2.37. The van der Waals surface area contributed by atoms with E-state index in [1.54, 1.807) is 19.9 Å². The molecule has 0 aliphatic heterocycles. The maximum Gasteiger partial charge on any atom is 0.323 e. The number of hydrogen-bond acceptors (Lipinski definition) is 5. The fraction of sp³-hybridized carbons (Fsp3) is 0.533. The standard InChI is InChI=1S/C15H22N2O4/c1-4-7-13(15(18)21-5-2)16-10-12-8-6-9-14(11(12)3)17(19)20/h6,8-9,13,16H,4-5,7,10H2,1-3H3. The zero-order chi connectivity index (χ0) is 15.8. The number of carbonyl (C=O) groups excluding carboxylic acids is 1. The molecule has 0 fully saturated rings. The minimum Gasteiger partial charge on any atom is -0.465 e. The molecule has 1 atom stereocenters. The lowest BCUT2D eigenvalue weighted by atomic mass is 10.1. The smallest absolute Gasteiger partial charge is 0.323 e. The van der Waals surface area contributed by atoms with Crippen LogP contribution in [0, 0.1) is 17.0 Å². The number of nitro benzene ring substituents is 1. The molecule has 0 bridgehead atoms. The van der Waals surface area contributed by atoms with Gasteiger partial charge in [-0.25, -0.2) is 0 Å². The number of hydrogen-bond donors (Lipinski definition) is 1. The van der Waals surface area contributed by atoms with Crippen LogP contribution in [0.1, 0.15) is 37.8 Å². The lowest BCUT2D eigenvalue weighted by molar-refractivity contribution is -0.385. The van der Waals surface area contributed by atoms with Crippen LogP contribution in [0.15, 0.2) is 18.2 Å². The van der Waals surface area contributed by atoms with Gasteiger partial charge in [-0.15, -0.1) is 0 Å². The van der Waals surface area contributed by atoms with Gasteiger partial charge in [0.05, 0.1) is 11.5 Å². The third-order valence-electron chi connectivity index (χ3n) is 3.30. The summed E-state index contributed by atoms with van der Waals surface area (Å²) in [6.07, 6.45) is 1.53. The van der Waals surface area contributed by atoms with E-state index in [2.05, 4.69) is 5.32 Å². The van der Waals surface area contributed by atoms with E-state index in [9.17, 15) is 14.9 Å². The molecule has 6 nitrogen and oxygen atoms in total. The molecule has 1 rings (SSSR count). The van der Waals surface area contributed by atoms with Gasteiger partial charge in [-0.05, 0) is 25.8 Å². The van der Waals surface area contributed by atoms with Crippen molar-refractivity contribution < 1.29 is 14.5 Å². The van der Waals surface area contributed by atoms with Crippen LogP contribution in [0.25, 0.3) is 0 Å². The maximum atomic E-state index is 11.8. The van der Waals surface area contributed by atoms with E-state index in [0.717, 1.165) is 12.0 Å². The summed E-state index contributed by atoms with van der Waals surface area (Å²) >= 11 is 0. The summed E-state index contributed by atoms with van der Waals surface area (Å²) < 4.78 is 5.03. The molecule has 0 aliphatic rings. The van der Waals surface area contributed by atoms with E-state index >= 15 is 0 Å². The van der Waals surface area contributed by atoms with Gasteiger partial charge in [0.2, 0.25) is 0 Å². The van der Waals surface area contributed by atoms with Gasteiger partial charge in [-0.3, -0.25) is 14.9 Å². The third-order valence-corrected chi connectivity index (χ3v) is 3.30. The fourth-order valence-corrected chi connectivity index (χ4v) is 2.13. The summed E-state index contributed by atoms with van der Waals surface area (Å²) in [5.74, 6) is -0.276. The normalized spacial score (nSPS) is 12.0. The Kier molecular flexibility index (Phi) is 6.81. The molecule has 1 N–H and O–H groups in total. The Morgan fingerprint density at radius 1 is 1.43 bits per heavy atom. The van der Waals surface area contributed by atoms with E-state index in [0.29, 0.717) is 25.1 Å². The Morgan fingerprint density at radius 2 is 2.14 bits per heavy atom. The maximum absolute atomic E-state index is 11.8. The number of esters is 1. The van der Waals surface area contributed by atoms with Gasteiger partial charge >= 0.3 is 5.97 Å². The average Bonchev–Trinajstić information content (AvgIpc) is 2.44. The van der Waals surface area contributed by atoms with Crippen LogP contribution < -0.4 is 5.32 Å². The molecule has 0 aromatic heterocycles. The first-order valence-electron chi connectivity index (χ1n) is 7.14. The van der Waals surface area contributed by atoms with Crippen LogP contribution >= 0.6 is 0 Å². The average molecular weight is 294 g/mol. The van der Waals surface area contributed by atoms with Crippen molar-refractivity contribution in [2.75, 3.05) is 6.61 Å². The molecular formula is C15H22N2O4. The first-order valence-corrected chi connectivity index (χ1v) is 7.14. The second kappa shape index (κ2) is 8.36. The number of nitro groups is 1. The van der Waals surface area contributed by atoms with Crippen molar-refractivity contribution >= 4 is 11.7 Å². The summed E-state index contributed by atoms with van der Waals surface area (Å²) in [6, 6.07) is 4.58. The van der Waals surface area contributed by atoms with Crippen molar-refractivity contribution in [2.24, 2.45) is 0 Å². The van der Waals surface area contributed by atoms with Crippen LogP contribution in [-0.2, 0) is 16.1 Å². The number of benzene rings is 1. The molecular weight excluding hydrogens is 272 g/mol. The first-order chi connectivity index (χ1) is 10.0. The molecule has 1 aromatic rings. The van der Waals surface area contributed by atoms with Crippen LogP contribution in [0.3, 0.4) is 0 Å². The zero-order valence-corrected chi connectivity index (χ0v) is 12.7. The third kappa shape index (κ3) is 4.82. The highest BCUT2D eigenvalue weighted by Crippen LogP contribution is 2.21. The molecule has 1 unspecified atom stereocenters. The van der Waals surface area contributed by atoms with Gasteiger partial charge in [0.25, 0.3) is 5.69 Å². The summed E-state index contributed by atoms with van der Waals surface area (Å²) in [6.45, 7) is 6.22. The SMILES string of the molecule is CCCC(NCc1cccc([N+](=O)[O-])c1C)C(=O)OCC. The highest BCUT2D eigenvalue weighted by Gasteiger charge is 2.19. The first kappa shape index (κ1) is 17.1. The van der Waals surface area contributed by atoms with Crippen LogP contribution in [0.2, 0.25) is 0 Å². The quantitative estimate of drug-likeness (QED) is 0.453. The van der Waals surface area contributed by atoms with Crippen molar-refractivity contribution in [3.63, 3.8) is 0 Å². The molecule has 0 saturated carbocycles. The highest BCUT2D eigenvalue weighted by molar-refractivity contribution is 5.75. The Bertz CT molecular complexity index is 502. The number of carbonyl (C=O) groups is 1. The van der Waals surface area contributed by atoms with E-state index in [-0.39, 0.29) is 17.7 Å². The van der Waals surface area contributed by atoms with E-state index in [4.69, 9.17) is 4.74 Å². The van der Waals surface area contributed by atoms with Gasteiger partial charge in [0, 0.05) is 18.2 Å². The van der Waals surface area contributed by atoms with Crippen molar-refractivity contribution in [1.29, 1.82) is 0 Å². The molecule has 0 saturated heterocycles. The van der Waals surface area contributed by atoms with E-state index in [1.807, 2.05) is 13.0 Å². The Hall–Kier alpha value is -1.95. The van der Waals surface area contributed by atoms with Gasteiger partial charge in [0.1, 0.15) is 6.04 Å². The van der Waals surface area contributed by atoms with Gasteiger partial charge in [-0.2, -0.15) is 0 Å². The molecule has 0 aliphatic carbocycles. The molecule has 1 aromatic carbocycles. The zero-order valence-electron chi connectivity index (χ0n) is 12.7. The molecule has 6 heteroatoms. The minimum absolute atomic E-state index is 0.0949. The van der Waals surface area contributed by atoms with Crippen LogP contribution in [-0.4, -0.2) is 23.5 Å². The molecule has 0 heterocycles. The van der Waals surface area contributed by atoms with E-state index < -0.39 is 4.92 Å². The molecule has 0 amide bonds. The van der Waals surface area contributed by atoms with Crippen molar-refractivity contribution in [3.05, 3.63) is 39.4 Å². The van der Waals surface area contributed by atoms with Gasteiger partial charge < -0.3 is 10.1 Å². The Labute approximate surface area is 124 Å². The molecule has 21 heavy (non-hydrogen) atoms. The Morgan fingerprint density at radius 3 is 2.71 bits per heavy atom. The summed E-state index contributed by atoms with van der Waals surface area (Å²) in [5.41, 5.74) is 1.53. The number of nitrogens with zero attached hydrogens (tertiary/aromatic N) is 1. The highest BCUT2D eigenvalue weighted by atomic mass is 16.6. The van der Waals surface area contributed by atoms with Crippen molar-refractivity contribution in [1.82, 2.24) is 5.32 Å². The van der Waals surface area contributed by atoms with Gasteiger partial charge in [0.15, 0.2) is 0 Å². The summed E-state index contributed by atoms with van der Waals surface area (Å²) in [5, 5.41) is 14.1.